The van der Waals surface area contributed by atoms with Crippen LogP contribution in [0, 0.1) is 37.5 Å². The fraction of sp³-hybridized carbons (Fsp3) is 0.235. The summed E-state index contributed by atoms with van der Waals surface area (Å²) in [5, 5.41) is 15.7. The molecule has 0 aliphatic rings. The molecule has 2 aromatic rings. The lowest BCUT2D eigenvalue weighted by Gasteiger charge is -2.13. The number of nitrogens with one attached hydrogen (secondary N) is 2. The number of hydrogen-bond acceptors (Lipinski definition) is 4. The van der Waals surface area contributed by atoms with Crippen molar-refractivity contribution in [2.24, 2.45) is 0 Å². The van der Waals surface area contributed by atoms with Crippen LogP contribution in [0.15, 0.2) is 18.3 Å². The Morgan fingerprint density at radius 1 is 1.41 bits per heavy atom. The van der Waals surface area contributed by atoms with E-state index >= 15 is 0 Å². The summed E-state index contributed by atoms with van der Waals surface area (Å²) in [5.41, 5.74) is 3.94. The summed E-state index contributed by atoms with van der Waals surface area (Å²) >= 11 is 0. The Bertz CT molecular complexity index is 812. The van der Waals surface area contributed by atoms with Crippen molar-refractivity contribution in [1.29, 1.82) is 5.26 Å². The van der Waals surface area contributed by atoms with Gasteiger partial charge in [0, 0.05) is 11.6 Å². The van der Waals surface area contributed by atoms with Crippen molar-refractivity contribution < 1.29 is 4.79 Å². The monoisotopic (exact) mass is 292 g/mol. The van der Waals surface area contributed by atoms with E-state index in [0.29, 0.717) is 11.3 Å². The minimum absolute atomic E-state index is 0.0441. The molecule has 2 rings (SSSR count). The van der Waals surface area contributed by atoms with E-state index in [1.54, 1.807) is 0 Å². The first-order valence-corrected chi connectivity index (χ1v) is 6.81. The van der Waals surface area contributed by atoms with Crippen molar-refractivity contribution in [3.8, 4) is 18.4 Å². The Balaban J connectivity index is 2.41. The van der Waals surface area contributed by atoms with E-state index in [-0.39, 0.29) is 19.0 Å². The van der Waals surface area contributed by atoms with Crippen molar-refractivity contribution in [2.45, 2.75) is 13.8 Å². The summed E-state index contributed by atoms with van der Waals surface area (Å²) in [6.45, 7) is 4.18. The standard InChI is InChI=1S/C17H16N4O/c1-4-5-19-15(22)10-21-17-13(8-18)9-20-16-12(3)6-11(2)7-14(16)17/h1,6-7,9H,5,10H2,2-3H3,(H,19,22)(H,20,21). The third-order valence-corrected chi connectivity index (χ3v) is 3.24. The van der Waals surface area contributed by atoms with Gasteiger partial charge in [0.2, 0.25) is 5.91 Å². The summed E-state index contributed by atoms with van der Waals surface area (Å²) in [7, 11) is 0. The van der Waals surface area contributed by atoms with Crippen LogP contribution in [0.2, 0.25) is 0 Å². The summed E-state index contributed by atoms with van der Waals surface area (Å²) in [6.07, 6.45) is 6.62. The van der Waals surface area contributed by atoms with Gasteiger partial charge in [-0.1, -0.05) is 17.6 Å². The van der Waals surface area contributed by atoms with Crippen LogP contribution in [0.5, 0.6) is 0 Å². The average molecular weight is 292 g/mol. The van der Waals surface area contributed by atoms with Gasteiger partial charge in [-0.3, -0.25) is 9.78 Å². The molecule has 0 atom stereocenters. The molecule has 0 aliphatic carbocycles. The van der Waals surface area contributed by atoms with Gasteiger partial charge in [-0.05, 0) is 25.5 Å². The van der Waals surface area contributed by atoms with Gasteiger partial charge in [0.05, 0.1) is 29.9 Å². The van der Waals surface area contributed by atoms with E-state index in [0.717, 1.165) is 22.0 Å². The van der Waals surface area contributed by atoms with E-state index in [1.807, 2.05) is 26.0 Å². The minimum atomic E-state index is -0.226. The Hall–Kier alpha value is -3.05. The number of benzene rings is 1. The Morgan fingerprint density at radius 3 is 2.86 bits per heavy atom. The molecule has 2 N–H and O–H groups in total. The van der Waals surface area contributed by atoms with Crippen LogP contribution in [-0.2, 0) is 4.79 Å². The quantitative estimate of drug-likeness (QED) is 0.844. The maximum Gasteiger partial charge on any atom is 0.240 e. The predicted octanol–water partition coefficient (Wildman–Crippen LogP) is 1.88. The lowest BCUT2D eigenvalue weighted by Crippen LogP contribution is -2.30. The Morgan fingerprint density at radius 2 is 2.18 bits per heavy atom. The highest BCUT2D eigenvalue weighted by Gasteiger charge is 2.12. The van der Waals surface area contributed by atoms with Crippen molar-refractivity contribution in [2.75, 3.05) is 18.4 Å². The van der Waals surface area contributed by atoms with E-state index in [1.165, 1.54) is 6.20 Å². The molecule has 0 saturated heterocycles. The molecule has 22 heavy (non-hydrogen) atoms. The molecule has 0 fully saturated rings. The van der Waals surface area contributed by atoms with Crippen LogP contribution < -0.4 is 10.6 Å². The number of terminal acetylenes is 1. The van der Waals surface area contributed by atoms with Crippen LogP contribution in [-0.4, -0.2) is 24.0 Å². The molecule has 0 unspecified atom stereocenters. The molecule has 0 radical (unpaired) electrons. The van der Waals surface area contributed by atoms with Crippen LogP contribution in [0.25, 0.3) is 10.9 Å². The highest BCUT2D eigenvalue weighted by atomic mass is 16.1. The first-order chi connectivity index (χ1) is 10.6. The van der Waals surface area contributed by atoms with Gasteiger partial charge < -0.3 is 10.6 Å². The van der Waals surface area contributed by atoms with Gasteiger partial charge >= 0.3 is 0 Å². The van der Waals surface area contributed by atoms with E-state index < -0.39 is 0 Å². The van der Waals surface area contributed by atoms with E-state index in [2.05, 4.69) is 27.6 Å². The van der Waals surface area contributed by atoms with Crippen molar-refractivity contribution in [3.05, 3.63) is 35.0 Å². The second kappa shape index (κ2) is 6.60. The normalized spacial score (nSPS) is 9.82. The average Bonchev–Trinajstić information content (AvgIpc) is 2.50. The van der Waals surface area contributed by atoms with Gasteiger partial charge in [-0.15, -0.1) is 6.42 Å². The zero-order valence-corrected chi connectivity index (χ0v) is 12.5. The molecule has 0 spiro atoms. The SMILES string of the molecule is C#CCNC(=O)CNc1c(C#N)cnc2c(C)cc(C)cc12. The number of aromatic nitrogens is 1. The molecule has 5 nitrogen and oxygen atoms in total. The highest BCUT2D eigenvalue weighted by molar-refractivity contribution is 5.97. The third kappa shape index (κ3) is 3.16. The van der Waals surface area contributed by atoms with Gasteiger partial charge in [-0.2, -0.15) is 5.26 Å². The van der Waals surface area contributed by atoms with Crippen molar-refractivity contribution in [1.82, 2.24) is 10.3 Å². The zero-order chi connectivity index (χ0) is 16.1. The van der Waals surface area contributed by atoms with Crippen LogP contribution in [0.4, 0.5) is 5.69 Å². The molecular weight excluding hydrogens is 276 g/mol. The fourth-order valence-corrected chi connectivity index (χ4v) is 2.32. The summed E-state index contributed by atoms with van der Waals surface area (Å²) in [5.74, 6) is 2.12. The number of nitrogens with zero attached hydrogens (tertiary/aromatic N) is 2. The molecule has 1 aromatic heterocycles. The molecule has 5 heteroatoms. The summed E-state index contributed by atoms with van der Waals surface area (Å²) < 4.78 is 0. The maximum atomic E-state index is 11.7. The largest absolute Gasteiger partial charge is 0.374 e. The zero-order valence-electron chi connectivity index (χ0n) is 12.5. The number of pyridine rings is 1. The molecule has 110 valence electrons. The van der Waals surface area contributed by atoms with Crippen molar-refractivity contribution >= 4 is 22.5 Å². The first-order valence-electron chi connectivity index (χ1n) is 6.81. The smallest absolute Gasteiger partial charge is 0.240 e. The number of amides is 1. The molecule has 0 bridgehead atoms. The minimum Gasteiger partial charge on any atom is -0.374 e. The van der Waals surface area contributed by atoms with E-state index in [4.69, 9.17) is 6.42 Å². The predicted molar refractivity (Wildman–Crippen MR) is 86.3 cm³/mol. The van der Waals surface area contributed by atoms with Gasteiger partial charge in [0.25, 0.3) is 0 Å². The molecule has 0 saturated carbocycles. The first kappa shape index (κ1) is 15.3. The fourth-order valence-electron chi connectivity index (χ4n) is 2.32. The van der Waals surface area contributed by atoms with E-state index in [9.17, 15) is 10.1 Å². The summed E-state index contributed by atoms with van der Waals surface area (Å²) in [4.78, 5) is 16.0. The lowest BCUT2D eigenvalue weighted by molar-refractivity contribution is -0.119. The van der Waals surface area contributed by atoms with Crippen LogP contribution >= 0.6 is 0 Å². The lowest BCUT2D eigenvalue weighted by atomic mass is 10.0. The molecule has 1 aromatic carbocycles. The van der Waals surface area contributed by atoms with Crippen LogP contribution in [0.1, 0.15) is 16.7 Å². The van der Waals surface area contributed by atoms with Crippen LogP contribution in [0.3, 0.4) is 0 Å². The number of fused-ring (bicyclic) bond motifs is 1. The Labute approximate surface area is 129 Å². The van der Waals surface area contributed by atoms with Crippen molar-refractivity contribution in [3.63, 3.8) is 0 Å². The number of rotatable bonds is 4. The molecule has 1 heterocycles. The summed E-state index contributed by atoms with van der Waals surface area (Å²) in [6, 6.07) is 6.09. The molecule has 1 amide bonds. The highest BCUT2D eigenvalue weighted by Crippen LogP contribution is 2.28. The number of nitriles is 1. The van der Waals surface area contributed by atoms with Gasteiger partial charge in [0.15, 0.2) is 0 Å². The number of anilines is 1. The topological polar surface area (TPSA) is 77.8 Å². The van der Waals surface area contributed by atoms with Gasteiger partial charge in [0.1, 0.15) is 6.07 Å². The maximum absolute atomic E-state index is 11.7. The van der Waals surface area contributed by atoms with Gasteiger partial charge in [-0.25, -0.2) is 0 Å². The number of aryl methyl sites for hydroxylation is 2. The third-order valence-electron chi connectivity index (χ3n) is 3.24. The molecule has 0 aliphatic heterocycles. The second-order valence-corrected chi connectivity index (χ2v) is 4.97. The number of carbonyl (C=O) groups is 1. The molecular formula is C17H16N4O. The second-order valence-electron chi connectivity index (χ2n) is 4.97. The number of hydrogen-bond donors (Lipinski definition) is 2. The Kier molecular flexibility index (Phi) is 4.60. The number of carbonyl (C=O) groups excluding carboxylic acids is 1.